The van der Waals surface area contributed by atoms with Gasteiger partial charge in [-0.25, -0.2) is 4.98 Å². The van der Waals surface area contributed by atoms with Crippen LogP contribution in [0.25, 0.3) is 6.08 Å². The molecule has 5 nitrogen and oxygen atoms in total. The Morgan fingerprint density at radius 3 is 2.96 bits per heavy atom. The van der Waals surface area contributed by atoms with Gasteiger partial charge < -0.3 is 10.1 Å². The maximum atomic E-state index is 12.1. The van der Waals surface area contributed by atoms with Gasteiger partial charge in [0.2, 0.25) is 5.91 Å². The normalized spacial score (nSPS) is 15.8. The Morgan fingerprint density at radius 1 is 1.35 bits per heavy atom. The molecule has 0 unspecified atom stereocenters. The number of benzene rings is 1. The summed E-state index contributed by atoms with van der Waals surface area (Å²) in [6, 6.07) is 7.92. The van der Waals surface area contributed by atoms with E-state index < -0.39 is 0 Å². The lowest BCUT2D eigenvalue weighted by Gasteiger charge is -2.27. The fourth-order valence-corrected chi connectivity index (χ4v) is 2.95. The average Bonchev–Trinajstić information content (AvgIpc) is 3.09. The highest BCUT2D eigenvalue weighted by atomic mass is 32.1. The summed E-state index contributed by atoms with van der Waals surface area (Å²) in [5.74, 6) is -0.144. The van der Waals surface area contributed by atoms with E-state index in [-0.39, 0.29) is 5.91 Å². The average molecular weight is 329 g/mol. The minimum Gasteiger partial charge on any atom is -0.379 e. The summed E-state index contributed by atoms with van der Waals surface area (Å²) >= 11 is 1.50. The van der Waals surface area contributed by atoms with Gasteiger partial charge in [0.25, 0.3) is 0 Å². The molecule has 1 amide bonds. The zero-order valence-corrected chi connectivity index (χ0v) is 13.6. The van der Waals surface area contributed by atoms with Crippen molar-refractivity contribution in [3.05, 3.63) is 52.5 Å². The number of hydrogen-bond acceptors (Lipinski definition) is 5. The molecule has 0 radical (unpaired) electrons. The van der Waals surface area contributed by atoms with E-state index in [9.17, 15) is 4.79 Å². The van der Waals surface area contributed by atoms with Gasteiger partial charge in [-0.3, -0.25) is 9.69 Å². The van der Waals surface area contributed by atoms with Crippen molar-refractivity contribution in [2.24, 2.45) is 0 Å². The molecule has 1 aromatic carbocycles. The number of amides is 1. The maximum Gasteiger partial charge on any atom is 0.248 e. The molecule has 0 bridgehead atoms. The third kappa shape index (κ3) is 4.72. The number of ether oxygens (including phenoxy) is 1. The minimum absolute atomic E-state index is 0.144. The monoisotopic (exact) mass is 329 g/mol. The van der Waals surface area contributed by atoms with E-state index in [0.717, 1.165) is 49.1 Å². The second-order valence-electron chi connectivity index (χ2n) is 5.24. The van der Waals surface area contributed by atoms with Crippen LogP contribution in [0.15, 0.2) is 41.9 Å². The number of carbonyl (C=O) groups excluding carboxylic acids is 1. The lowest BCUT2D eigenvalue weighted by molar-refractivity contribution is -0.111. The van der Waals surface area contributed by atoms with E-state index in [1.54, 1.807) is 12.3 Å². The number of carbonyl (C=O) groups is 1. The number of thiazole rings is 1. The summed E-state index contributed by atoms with van der Waals surface area (Å²) in [5, 5.41) is 5.66. The molecule has 1 aliphatic rings. The van der Waals surface area contributed by atoms with Crippen LogP contribution in [0.4, 0.5) is 5.69 Å². The summed E-state index contributed by atoms with van der Waals surface area (Å²) < 4.78 is 5.37. The van der Waals surface area contributed by atoms with Gasteiger partial charge in [0.05, 0.1) is 13.2 Å². The first-order valence-electron chi connectivity index (χ1n) is 7.58. The van der Waals surface area contributed by atoms with Gasteiger partial charge in [-0.2, -0.15) is 0 Å². The molecule has 1 N–H and O–H groups in total. The first-order chi connectivity index (χ1) is 11.3. The zero-order valence-electron chi connectivity index (χ0n) is 12.8. The highest BCUT2D eigenvalue weighted by Crippen LogP contribution is 2.18. The Morgan fingerprint density at radius 2 is 2.17 bits per heavy atom. The highest BCUT2D eigenvalue weighted by Gasteiger charge is 2.13. The SMILES string of the molecule is O=C(/C=C/c1nccs1)Nc1ccccc1CN1CCOCC1. The molecule has 3 rings (SSSR count). The van der Waals surface area contributed by atoms with Gasteiger partial charge in [0, 0.05) is 43.0 Å². The molecular weight excluding hydrogens is 310 g/mol. The van der Waals surface area contributed by atoms with Gasteiger partial charge >= 0.3 is 0 Å². The van der Waals surface area contributed by atoms with Gasteiger partial charge in [0.1, 0.15) is 5.01 Å². The van der Waals surface area contributed by atoms with E-state index in [4.69, 9.17) is 4.74 Å². The van der Waals surface area contributed by atoms with E-state index >= 15 is 0 Å². The highest BCUT2D eigenvalue weighted by molar-refractivity contribution is 7.10. The Kier molecular flexibility index (Phi) is 5.52. The Bertz CT molecular complexity index is 664. The summed E-state index contributed by atoms with van der Waals surface area (Å²) in [6.07, 6.45) is 4.97. The van der Waals surface area contributed by atoms with Crippen molar-refractivity contribution in [1.29, 1.82) is 0 Å². The number of nitrogens with one attached hydrogen (secondary N) is 1. The molecule has 120 valence electrons. The van der Waals surface area contributed by atoms with Crippen molar-refractivity contribution in [1.82, 2.24) is 9.88 Å². The number of anilines is 1. The van der Waals surface area contributed by atoms with E-state index in [1.165, 1.54) is 17.4 Å². The second-order valence-corrected chi connectivity index (χ2v) is 6.16. The van der Waals surface area contributed by atoms with Crippen LogP contribution in [0.3, 0.4) is 0 Å². The third-order valence-corrected chi connectivity index (χ3v) is 4.34. The Balaban J connectivity index is 1.63. The lowest BCUT2D eigenvalue weighted by Crippen LogP contribution is -2.35. The molecule has 1 aliphatic heterocycles. The van der Waals surface area contributed by atoms with E-state index in [1.807, 2.05) is 23.6 Å². The van der Waals surface area contributed by atoms with Gasteiger partial charge in [-0.15, -0.1) is 11.3 Å². The van der Waals surface area contributed by atoms with Crippen molar-refractivity contribution >= 4 is 29.0 Å². The Labute approximate surface area is 139 Å². The number of morpholine rings is 1. The van der Waals surface area contributed by atoms with Crippen molar-refractivity contribution < 1.29 is 9.53 Å². The van der Waals surface area contributed by atoms with Gasteiger partial charge in [-0.05, 0) is 17.7 Å². The van der Waals surface area contributed by atoms with Crippen molar-refractivity contribution in [3.63, 3.8) is 0 Å². The largest absolute Gasteiger partial charge is 0.379 e. The predicted octanol–water partition coefficient (Wildman–Crippen LogP) is 2.63. The van der Waals surface area contributed by atoms with Crippen LogP contribution >= 0.6 is 11.3 Å². The molecule has 1 fully saturated rings. The first kappa shape index (κ1) is 15.9. The molecule has 0 spiro atoms. The second kappa shape index (κ2) is 8.01. The molecule has 0 atom stereocenters. The summed E-state index contributed by atoms with van der Waals surface area (Å²) in [5.41, 5.74) is 1.97. The molecule has 2 heterocycles. The fourth-order valence-electron chi connectivity index (χ4n) is 2.42. The molecule has 6 heteroatoms. The van der Waals surface area contributed by atoms with E-state index in [2.05, 4.69) is 21.3 Å². The maximum absolute atomic E-state index is 12.1. The summed E-state index contributed by atoms with van der Waals surface area (Å²) in [6.45, 7) is 4.20. The molecule has 2 aromatic rings. The van der Waals surface area contributed by atoms with Crippen LogP contribution < -0.4 is 5.32 Å². The van der Waals surface area contributed by atoms with Crippen LogP contribution in [0.5, 0.6) is 0 Å². The van der Waals surface area contributed by atoms with Crippen molar-refractivity contribution in [2.45, 2.75) is 6.54 Å². The smallest absolute Gasteiger partial charge is 0.248 e. The third-order valence-electron chi connectivity index (χ3n) is 3.60. The number of aromatic nitrogens is 1. The van der Waals surface area contributed by atoms with Crippen LogP contribution in [0.1, 0.15) is 10.6 Å². The lowest BCUT2D eigenvalue weighted by atomic mass is 10.1. The number of rotatable bonds is 5. The number of para-hydroxylation sites is 1. The molecule has 0 saturated carbocycles. The van der Waals surface area contributed by atoms with Gasteiger partial charge in [-0.1, -0.05) is 18.2 Å². The van der Waals surface area contributed by atoms with Crippen molar-refractivity contribution in [3.8, 4) is 0 Å². The predicted molar refractivity (Wildman–Crippen MR) is 92.3 cm³/mol. The van der Waals surface area contributed by atoms with Gasteiger partial charge in [0.15, 0.2) is 0 Å². The summed E-state index contributed by atoms with van der Waals surface area (Å²) in [4.78, 5) is 18.6. The summed E-state index contributed by atoms with van der Waals surface area (Å²) in [7, 11) is 0. The molecule has 1 aromatic heterocycles. The zero-order chi connectivity index (χ0) is 15.9. The molecule has 0 aliphatic carbocycles. The van der Waals surface area contributed by atoms with Crippen LogP contribution in [-0.4, -0.2) is 42.1 Å². The molecular formula is C17H19N3O2S. The minimum atomic E-state index is -0.144. The fraction of sp³-hybridized carbons (Fsp3) is 0.294. The quantitative estimate of drug-likeness (QED) is 0.857. The number of nitrogens with zero attached hydrogens (tertiary/aromatic N) is 2. The number of hydrogen-bond donors (Lipinski definition) is 1. The van der Waals surface area contributed by atoms with Crippen LogP contribution in [0, 0.1) is 0 Å². The standard InChI is InChI=1S/C17H19N3O2S/c21-16(5-6-17-18-7-12-23-17)19-15-4-2-1-3-14(15)13-20-8-10-22-11-9-20/h1-7,12H,8-11,13H2,(H,19,21)/b6-5+. The van der Waals surface area contributed by atoms with E-state index in [0.29, 0.717) is 0 Å². The van der Waals surface area contributed by atoms with Crippen LogP contribution in [0.2, 0.25) is 0 Å². The first-order valence-corrected chi connectivity index (χ1v) is 8.46. The molecule has 23 heavy (non-hydrogen) atoms. The van der Waals surface area contributed by atoms with Crippen LogP contribution in [-0.2, 0) is 16.1 Å². The topological polar surface area (TPSA) is 54.5 Å². The Hall–Kier alpha value is -2.02. The molecule has 1 saturated heterocycles. The van der Waals surface area contributed by atoms with Crippen molar-refractivity contribution in [2.75, 3.05) is 31.6 Å².